The maximum absolute atomic E-state index is 11.9. The number of carbonyl (C=O) groups is 2. The SMILES string of the molecule is CNS(=O)(=O)Cc1cccc(CNC(=O)NCCC(=O)NCc2ccccc2)c1. The van der Waals surface area contributed by atoms with E-state index < -0.39 is 16.1 Å². The van der Waals surface area contributed by atoms with Gasteiger partial charge in [0.05, 0.1) is 5.75 Å². The summed E-state index contributed by atoms with van der Waals surface area (Å²) in [6.07, 6.45) is 0.178. The van der Waals surface area contributed by atoms with Crippen molar-refractivity contribution in [3.63, 3.8) is 0 Å². The minimum Gasteiger partial charge on any atom is -0.352 e. The molecule has 8 nitrogen and oxygen atoms in total. The summed E-state index contributed by atoms with van der Waals surface area (Å²) in [5.41, 5.74) is 2.43. The molecule has 0 heterocycles. The molecule has 0 aliphatic carbocycles. The van der Waals surface area contributed by atoms with E-state index in [1.54, 1.807) is 24.3 Å². The topological polar surface area (TPSA) is 116 Å². The number of urea groups is 1. The zero-order valence-electron chi connectivity index (χ0n) is 16.3. The summed E-state index contributed by atoms with van der Waals surface area (Å²) in [6, 6.07) is 16.2. The average Bonchev–Trinajstić information content (AvgIpc) is 2.71. The van der Waals surface area contributed by atoms with Crippen LogP contribution in [0.1, 0.15) is 23.1 Å². The van der Waals surface area contributed by atoms with E-state index in [1.165, 1.54) is 7.05 Å². The first-order valence-corrected chi connectivity index (χ1v) is 10.8. The molecule has 0 fully saturated rings. The number of hydrogen-bond donors (Lipinski definition) is 4. The van der Waals surface area contributed by atoms with Gasteiger partial charge in [0, 0.05) is 26.1 Å². The van der Waals surface area contributed by atoms with E-state index in [-0.39, 0.29) is 31.2 Å². The Morgan fingerprint density at radius 1 is 0.828 bits per heavy atom. The van der Waals surface area contributed by atoms with Crippen molar-refractivity contribution in [2.75, 3.05) is 13.6 Å². The molecule has 0 aliphatic heterocycles. The lowest BCUT2D eigenvalue weighted by Crippen LogP contribution is -2.37. The minimum absolute atomic E-state index is 0.123. The molecule has 0 spiro atoms. The number of nitrogens with one attached hydrogen (secondary N) is 4. The first-order valence-electron chi connectivity index (χ1n) is 9.19. The molecule has 0 bridgehead atoms. The Kier molecular flexibility index (Phi) is 8.63. The van der Waals surface area contributed by atoms with Gasteiger partial charge in [0.25, 0.3) is 0 Å². The molecular weight excluding hydrogens is 392 g/mol. The van der Waals surface area contributed by atoms with E-state index in [0.717, 1.165) is 11.1 Å². The van der Waals surface area contributed by atoms with Gasteiger partial charge in [-0.15, -0.1) is 0 Å². The van der Waals surface area contributed by atoms with Crippen molar-refractivity contribution >= 4 is 22.0 Å². The van der Waals surface area contributed by atoms with Crippen molar-refractivity contribution in [1.29, 1.82) is 0 Å². The Morgan fingerprint density at radius 2 is 1.48 bits per heavy atom. The molecule has 0 radical (unpaired) electrons. The number of sulfonamides is 1. The van der Waals surface area contributed by atoms with Gasteiger partial charge < -0.3 is 16.0 Å². The highest BCUT2D eigenvalue weighted by atomic mass is 32.2. The molecule has 2 aromatic carbocycles. The van der Waals surface area contributed by atoms with Gasteiger partial charge in [0.2, 0.25) is 15.9 Å². The van der Waals surface area contributed by atoms with Crippen molar-refractivity contribution in [2.45, 2.75) is 25.3 Å². The highest BCUT2D eigenvalue weighted by Gasteiger charge is 2.09. The van der Waals surface area contributed by atoms with Crippen LogP contribution in [0.25, 0.3) is 0 Å². The van der Waals surface area contributed by atoms with Crippen LogP contribution in [-0.2, 0) is 33.7 Å². The van der Waals surface area contributed by atoms with E-state index in [4.69, 9.17) is 0 Å². The second-order valence-electron chi connectivity index (χ2n) is 6.40. The predicted octanol–water partition coefficient (Wildman–Crippen LogP) is 1.24. The first kappa shape index (κ1) is 22.4. The summed E-state index contributed by atoms with van der Waals surface area (Å²) in [7, 11) is -1.98. The summed E-state index contributed by atoms with van der Waals surface area (Å²) in [5, 5.41) is 8.11. The molecule has 2 aromatic rings. The Bertz CT molecular complexity index is 917. The van der Waals surface area contributed by atoms with Crippen LogP contribution in [-0.4, -0.2) is 33.9 Å². The molecule has 0 saturated heterocycles. The molecule has 2 rings (SSSR count). The molecule has 29 heavy (non-hydrogen) atoms. The van der Waals surface area contributed by atoms with Crippen molar-refractivity contribution in [1.82, 2.24) is 20.7 Å². The second kappa shape index (κ2) is 11.2. The molecule has 9 heteroatoms. The Labute approximate surface area is 171 Å². The van der Waals surface area contributed by atoms with Crippen LogP contribution in [0.15, 0.2) is 54.6 Å². The summed E-state index contributed by atoms with van der Waals surface area (Å²) in [4.78, 5) is 23.7. The van der Waals surface area contributed by atoms with Crippen LogP contribution < -0.4 is 20.7 Å². The lowest BCUT2D eigenvalue weighted by atomic mass is 10.1. The Morgan fingerprint density at radius 3 is 2.21 bits per heavy atom. The molecular formula is C20H26N4O4S. The maximum atomic E-state index is 11.9. The van der Waals surface area contributed by atoms with Crippen LogP contribution in [0.4, 0.5) is 4.79 Å². The molecule has 0 aromatic heterocycles. The fraction of sp³-hybridized carbons (Fsp3) is 0.300. The number of benzene rings is 2. The van der Waals surface area contributed by atoms with E-state index in [1.807, 2.05) is 30.3 Å². The Balaban J connectivity index is 1.67. The molecule has 0 aliphatic rings. The van der Waals surface area contributed by atoms with Gasteiger partial charge in [-0.3, -0.25) is 4.79 Å². The summed E-state index contributed by atoms with van der Waals surface area (Å²) < 4.78 is 25.5. The van der Waals surface area contributed by atoms with Gasteiger partial charge in [0.1, 0.15) is 0 Å². The predicted molar refractivity (Wildman–Crippen MR) is 111 cm³/mol. The third kappa shape index (κ3) is 8.75. The van der Waals surface area contributed by atoms with Crippen molar-refractivity contribution in [3.8, 4) is 0 Å². The third-order valence-electron chi connectivity index (χ3n) is 4.08. The van der Waals surface area contributed by atoms with Crippen LogP contribution in [0.2, 0.25) is 0 Å². The fourth-order valence-electron chi connectivity index (χ4n) is 2.54. The van der Waals surface area contributed by atoms with Gasteiger partial charge in [-0.25, -0.2) is 17.9 Å². The summed E-state index contributed by atoms with van der Waals surface area (Å²) in [6.45, 7) is 0.915. The largest absolute Gasteiger partial charge is 0.352 e. The number of carbonyl (C=O) groups excluding carboxylic acids is 2. The number of amides is 3. The van der Waals surface area contributed by atoms with Crippen LogP contribution in [0.5, 0.6) is 0 Å². The molecule has 0 atom stereocenters. The van der Waals surface area contributed by atoms with Gasteiger partial charge in [0.15, 0.2) is 0 Å². The second-order valence-corrected chi connectivity index (χ2v) is 8.33. The number of rotatable bonds is 10. The highest BCUT2D eigenvalue weighted by molar-refractivity contribution is 7.88. The van der Waals surface area contributed by atoms with Crippen molar-refractivity contribution in [3.05, 3.63) is 71.3 Å². The molecule has 4 N–H and O–H groups in total. The van der Waals surface area contributed by atoms with Gasteiger partial charge in [-0.2, -0.15) is 0 Å². The standard InChI is InChI=1S/C20H26N4O4S/c1-21-29(27,28)15-18-9-5-8-17(12-18)14-24-20(26)22-11-10-19(25)23-13-16-6-3-2-4-7-16/h2-9,12,21H,10-11,13-15H2,1H3,(H,23,25)(H2,22,24,26). The minimum atomic E-state index is -3.35. The lowest BCUT2D eigenvalue weighted by molar-refractivity contribution is -0.121. The quantitative estimate of drug-likeness (QED) is 0.464. The fourth-order valence-corrected chi connectivity index (χ4v) is 3.30. The average molecular weight is 419 g/mol. The molecule has 0 unspecified atom stereocenters. The maximum Gasteiger partial charge on any atom is 0.315 e. The molecule has 3 amide bonds. The summed E-state index contributed by atoms with van der Waals surface area (Å²) >= 11 is 0. The lowest BCUT2D eigenvalue weighted by Gasteiger charge is -2.09. The van der Waals surface area contributed by atoms with Gasteiger partial charge in [-0.1, -0.05) is 54.6 Å². The first-order chi connectivity index (χ1) is 13.9. The van der Waals surface area contributed by atoms with Crippen LogP contribution in [0.3, 0.4) is 0 Å². The third-order valence-corrected chi connectivity index (χ3v) is 5.42. The Hall–Kier alpha value is -2.91. The summed E-state index contributed by atoms with van der Waals surface area (Å²) in [5.74, 6) is -0.269. The van der Waals surface area contributed by atoms with E-state index >= 15 is 0 Å². The highest BCUT2D eigenvalue weighted by Crippen LogP contribution is 2.08. The number of hydrogen-bond acceptors (Lipinski definition) is 4. The van der Waals surface area contributed by atoms with Gasteiger partial charge in [-0.05, 0) is 23.7 Å². The van der Waals surface area contributed by atoms with E-state index in [0.29, 0.717) is 12.1 Å². The zero-order valence-corrected chi connectivity index (χ0v) is 17.1. The normalized spacial score (nSPS) is 10.9. The monoisotopic (exact) mass is 418 g/mol. The van der Waals surface area contributed by atoms with E-state index in [2.05, 4.69) is 20.7 Å². The van der Waals surface area contributed by atoms with Crippen LogP contribution in [0, 0.1) is 0 Å². The van der Waals surface area contributed by atoms with Gasteiger partial charge >= 0.3 is 6.03 Å². The van der Waals surface area contributed by atoms with Crippen LogP contribution >= 0.6 is 0 Å². The molecule has 156 valence electrons. The van der Waals surface area contributed by atoms with Crippen molar-refractivity contribution in [2.24, 2.45) is 0 Å². The van der Waals surface area contributed by atoms with E-state index in [9.17, 15) is 18.0 Å². The molecule has 0 saturated carbocycles. The zero-order chi connectivity index (χ0) is 21.1. The smallest absolute Gasteiger partial charge is 0.315 e. The van der Waals surface area contributed by atoms with Crippen molar-refractivity contribution < 1.29 is 18.0 Å².